The van der Waals surface area contributed by atoms with Crippen molar-refractivity contribution in [3.63, 3.8) is 0 Å². The lowest BCUT2D eigenvalue weighted by atomic mass is 9.96. The Bertz CT molecular complexity index is 1120. The molecule has 0 unspecified atom stereocenters. The first kappa shape index (κ1) is 21.1. The van der Waals surface area contributed by atoms with E-state index in [9.17, 15) is 9.59 Å². The van der Waals surface area contributed by atoms with Crippen LogP contribution in [0, 0.1) is 5.92 Å². The summed E-state index contributed by atoms with van der Waals surface area (Å²) in [6.45, 7) is 6.88. The Morgan fingerprint density at radius 1 is 1.37 bits per heavy atom. The maximum absolute atomic E-state index is 13.7. The molecular formula is C22H24N2O4S2. The van der Waals surface area contributed by atoms with Crippen LogP contribution in [0.2, 0.25) is 0 Å². The van der Waals surface area contributed by atoms with Gasteiger partial charge in [0.05, 0.1) is 36.1 Å². The van der Waals surface area contributed by atoms with E-state index in [0.29, 0.717) is 40.9 Å². The summed E-state index contributed by atoms with van der Waals surface area (Å²) in [6.07, 6.45) is 0.811. The molecule has 2 aromatic heterocycles. The molecule has 4 rings (SSSR count). The van der Waals surface area contributed by atoms with Gasteiger partial charge in [-0.2, -0.15) is 0 Å². The number of hydrogen-bond donors (Lipinski definition) is 0. The highest BCUT2D eigenvalue weighted by molar-refractivity contribution is 7.99. The molecule has 0 N–H and O–H groups in total. The third-order valence-electron chi connectivity index (χ3n) is 5.09. The summed E-state index contributed by atoms with van der Waals surface area (Å²) in [5, 5.41) is 1.17. The number of carbonyl (C=O) groups is 1. The van der Waals surface area contributed by atoms with Gasteiger partial charge in [0.15, 0.2) is 5.16 Å². The van der Waals surface area contributed by atoms with Crippen molar-refractivity contribution < 1.29 is 14.3 Å². The van der Waals surface area contributed by atoms with Gasteiger partial charge in [-0.05, 0) is 30.5 Å². The average molecular weight is 445 g/mol. The molecule has 0 amide bonds. The molecule has 3 heterocycles. The molecule has 30 heavy (non-hydrogen) atoms. The second kappa shape index (κ2) is 8.91. The molecule has 158 valence electrons. The van der Waals surface area contributed by atoms with E-state index in [1.807, 2.05) is 30.3 Å². The number of rotatable bonds is 6. The summed E-state index contributed by atoms with van der Waals surface area (Å²) in [6, 6.07) is 9.43. The second-order valence-electron chi connectivity index (χ2n) is 7.45. The van der Waals surface area contributed by atoms with E-state index in [-0.39, 0.29) is 23.4 Å². The predicted octanol–water partition coefficient (Wildman–Crippen LogP) is 4.20. The van der Waals surface area contributed by atoms with Crippen LogP contribution in [0.5, 0.6) is 0 Å². The number of thioether (sulfide) groups is 1. The molecule has 1 aliphatic rings. The van der Waals surface area contributed by atoms with E-state index in [0.717, 1.165) is 16.1 Å². The maximum atomic E-state index is 13.7. The van der Waals surface area contributed by atoms with Gasteiger partial charge >= 0.3 is 5.97 Å². The van der Waals surface area contributed by atoms with Crippen LogP contribution in [-0.4, -0.2) is 34.0 Å². The van der Waals surface area contributed by atoms with Gasteiger partial charge in [0, 0.05) is 11.3 Å². The number of benzene rings is 1. The largest absolute Gasteiger partial charge is 0.465 e. The van der Waals surface area contributed by atoms with Gasteiger partial charge in [0.25, 0.3) is 5.56 Å². The lowest BCUT2D eigenvalue weighted by Crippen LogP contribution is -2.28. The number of esters is 1. The minimum Gasteiger partial charge on any atom is -0.465 e. The van der Waals surface area contributed by atoms with Crippen LogP contribution in [0.3, 0.4) is 0 Å². The maximum Gasteiger partial charge on any atom is 0.316 e. The third-order valence-corrected chi connectivity index (χ3v) is 7.11. The number of hydrogen-bond acceptors (Lipinski definition) is 7. The third kappa shape index (κ3) is 4.04. The number of thiophene rings is 1. The van der Waals surface area contributed by atoms with E-state index in [4.69, 9.17) is 14.5 Å². The van der Waals surface area contributed by atoms with Crippen molar-refractivity contribution in [1.82, 2.24) is 9.55 Å². The molecule has 0 bridgehead atoms. The van der Waals surface area contributed by atoms with Gasteiger partial charge in [-0.15, -0.1) is 11.3 Å². The minimum absolute atomic E-state index is 0.0951. The first-order valence-corrected chi connectivity index (χ1v) is 11.8. The number of ether oxygens (including phenoxy) is 2. The minimum atomic E-state index is -0.324. The van der Waals surface area contributed by atoms with Crippen molar-refractivity contribution in [3.05, 3.63) is 51.1 Å². The van der Waals surface area contributed by atoms with Gasteiger partial charge < -0.3 is 9.47 Å². The molecule has 1 atom stereocenters. The number of para-hydroxylation sites is 1. The average Bonchev–Trinajstić information content (AvgIpc) is 3.11. The SMILES string of the molecule is CCOC(=O)CSc1nc2sc3c(c2c(=O)n1-c1ccccc1)C[C@H](C(C)C)OC3. The molecule has 0 saturated carbocycles. The van der Waals surface area contributed by atoms with Gasteiger partial charge in [0.1, 0.15) is 4.83 Å². The number of carbonyl (C=O) groups excluding carboxylic acids is 1. The Balaban J connectivity index is 1.85. The van der Waals surface area contributed by atoms with Crippen LogP contribution in [0.4, 0.5) is 0 Å². The smallest absolute Gasteiger partial charge is 0.316 e. The quantitative estimate of drug-likeness (QED) is 0.322. The number of nitrogens with zero attached hydrogens (tertiary/aromatic N) is 2. The molecule has 0 spiro atoms. The monoisotopic (exact) mass is 444 g/mol. The zero-order chi connectivity index (χ0) is 21.3. The number of aromatic nitrogens is 2. The van der Waals surface area contributed by atoms with E-state index in [1.54, 1.807) is 11.5 Å². The van der Waals surface area contributed by atoms with Crippen molar-refractivity contribution >= 4 is 39.3 Å². The van der Waals surface area contributed by atoms with Crippen molar-refractivity contribution in [3.8, 4) is 5.69 Å². The Hall–Kier alpha value is -2.16. The first-order valence-electron chi connectivity index (χ1n) is 10.0. The Labute approximate surface area is 183 Å². The van der Waals surface area contributed by atoms with E-state index >= 15 is 0 Å². The summed E-state index contributed by atoms with van der Waals surface area (Å²) in [7, 11) is 0. The van der Waals surface area contributed by atoms with Crippen LogP contribution in [-0.2, 0) is 27.3 Å². The van der Waals surface area contributed by atoms with E-state index < -0.39 is 0 Å². The summed E-state index contributed by atoms with van der Waals surface area (Å²) in [5.74, 6) is 0.148. The topological polar surface area (TPSA) is 70.4 Å². The van der Waals surface area contributed by atoms with Gasteiger partial charge in [0.2, 0.25) is 0 Å². The fraction of sp³-hybridized carbons (Fsp3) is 0.409. The van der Waals surface area contributed by atoms with Gasteiger partial charge in [-0.1, -0.05) is 43.8 Å². The highest BCUT2D eigenvalue weighted by atomic mass is 32.2. The highest BCUT2D eigenvalue weighted by Gasteiger charge is 2.28. The summed E-state index contributed by atoms with van der Waals surface area (Å²) in [4.78, 5) is 32.2. The van der Waals surface area contributed by atoms with Crippen LogP contribution in [0.25, 0.3) is 15.9 Å². The summed E-state index contributed by atoms with van der Waals surface area (Å²) >= 11 is 2.73. The molecule has 0 radical (unpaired) electrons. The molecule has 3 aromatic rings. The van der Waals surface area contributed by atoms with Crippen molar-refractivity contribution in [1.29, 1.82) is 0 Å². The molecule has 1 aliphatic heterocycles. The van der Waals surface area contributed by atoms with Crippen molar-refractivity contribution in [2.45, 2.75) is 45.1 Å². The van der Waals surface area contributed by atoms with E-state index in [2.05, 4.69) is 13.8 Å². The lowest BCUT2D eigenvalue weighted by Gasteiger charge is -2.26. The van der Waals surface area contributed by atoms with Crippen molar-refractivity contribution in [2.24, 2.45) is 5.92 Å². The zero-order valence-electron chi connectivity index (χ0n) is 17.2. The fourth-order valence-corrected chi connectivity index (χ4v) is 5.54. The van der Waals surface area contributed by atoms with Gasteiger partial charge in [-0.3, -0.25) is 14.2 Å². The van der Waals surface area contributed by atoms with Crippen LogP contribution in [0.1, 0.15) is 31.2 Å². The molecular weight excluding hydrogens is 420 g/mol. The standard InChI is InChI=1S/C22H24N2O4S2/c1-4-27-18(25)12-29-22-23-20-19(21(26)24(22)14-8-6-5-7-9-14)15-10-16(13(2)3)28-11-17(15)30-20/h5-9,13,16H,4,10-12H2,1-3H3/t16-/m1/s1. The number of fused-ring (bicyclic) bond motifs is 3. The Morgan fingerprint density at radius 2 is 2.13 bits per heavy atom. The Kier molecular flexibility index (Phi) is 6.26. The van der Waals surface area contributed by atoms with E-state index in [1.165, 1.54) is 23.1 Å². The zero-order valence-corrected chi connectivity index (χ0v) is 18.8. The van der Waals surface area contributed by atoms with Crippen molar-refractivity contribution in [2.75, 3.05) is 12.4 Å². The first-order chi connectivity index (χ1) is 14.5. The highest BCUT2D eigenvalue weighted by Crippen LogP contribution is 2.36. The summed E-state index contributed by atoms with van der Waals surface area (Å²) < 4.78 is 12.6. The fourth-order valence-electron chi connectivity index (χ4n) is 3.56. The predicted molar refractivity (Wildman–Crippen MR) is 120 cm³/mol. The van der Waals surface area contributed by atoms with Crippen LogP contribution >= 0.6 is 23.1 Å². The molecule has 6 nitrogen and oxygen atoms in total. The molecule has 0 saturated heterocycles. The molecule has 8 heteroatoms. The van der Waals surface area contributed by atoms with Crippen LogP contribution < -0.4 is 5.56 Å². The Morgan fingerprint density at radius 3 is 2.83 bits per heavy atom. The van der Waals surface area contributed by atoms with Crippen LogP contribution in [0.15, 0.2) is 40.3 Å². The molecule has 0 aliphatic carbocycles. The summed E-state index contributed by atoms with van der Waals surface area (Å²) in [5.41, 5.74) is 1.69. The lowest BCUT2D eigenvalue weighted by molar-refractivity contribution is -0.139. The molecule has 1 aromatic carbocycles. The molecule has 0 fully saturated rings. The van der Waals surface area contributed by atoms with Gasteiger partial charge in [-0.25, -0.2) is 4.98 Å². The normalized spacial score (nSPS) is 16.1. The second-order valence-corrected chi connectivity index (χ2v) is 9.47.